The van der Waals surface area contributed by atoms with Gasteiger partial charge in [-0.05, 0) is 55.6 Å². The third kappa shape index (κ3) is 5.90. The van der Waals surface area contributed by atoms with Crippen LogP contribution in [0.25, 0.3) is 0 Å². The molecule has 29 heavy (non-hydrogen) atoms. The molecule has 1 fully saturated rings. The Labute approximate surface area is 176 Å². The molecule has 0 aromatic heterocycles. The van der Waals surface area contributed by atoms with Gasteiger partial charge in [0.25, 0.3) is 5.91 Å². The molecule has 0 aliphatic carbocycles. The predicted octanol–water partition coefficient (Wildman–Crippen LogP) is 1.90. The second-order valence-corrected chi connectivity index (χ2v) is 7.32. The van der Waals surface area contributed by atoms with Crippen LogP contribution in [0.15, 0.2) is 48.5 Å². The van der Waals surface area contributed by atoms with E-state index in [1.807, 2.05) is 29.7 Å². The molecule has 0 saturated carbocycles. The van der Waals surface area contributed by atoms with Crippen molar-refractivity contribution in [2.45, 2.75) is 0 Å². The fourth-order valence-corrected chi connectivity index (χ4v) is 3.23. The minimum atomic E-state index is -0.117. The SMILES string of the molecule is CN1CCN(c2ccc(C(=O)NCCOc3ccc(C(=S)NO)cc3)cc2)CC1. The number of amides is 1. The number of nitrogens with one attached hydrogen (secondary N) is 2. The summed E-state index contributed by atoms with van der Waals surface area (Å²) in [5, 5.41) is 11.7. The van der Waals surface area contributed by atoms with Crippen molar-refractivity contribution in [2.75, 3.05) is 51.3 Å². The molecule has 0 atom stereocenters. The first-order valence-corrected chi connectivity index (χ1v) is 9.96. The number of thiocarbonyl (C=S) groups is 1. The lowest BCUT2D eigenvalue weighted by Gasteiger charge is -2.34. The molecule has 1 saturated heterocycles. The van der Waals surface area contributed by atoms with Crippen molar-refractivity contribution in [2.24, 2.45) is 0 Å². The first-order chi connectivity index (χ1) is 14.1. The Hall–Kier alpha value is -2.68. The van der Waals surface area contributed by atoms with Gasteiger partial charge in [-0.15, -0.1) is 0 Å². The molecular weight excluding hydrogens is 388 g/mol. The number of nitrogens with zero attached hydrogens (tertiary/aromatic N) is 2. The minimum Gasteiger partial charge on any atom is -0.492 e. The topological polar surface area (TPSA) is 77.1 Å². The van der Waals surface area contributed by atoms with Gasteiger partial charge in [0.2, 0.25) is 0 Å². The number of hydroxylamine groups is 1. The van der Waals surface area contributed by atoms with Crippen LogP contribution in [0.3, 0.4) is 0 Å². The van der Waals surface area contributed by atoms with Crippen molar-refractivity contribution in [3.05, 3.63) is 59.7 Å². The normalized spacial score (nSPS) is 14.3. The average molecular weight is 415 g/mol. The number of rotatable bonds is 7. The summed E-state index contributed by atoms with van der Waals surface area (Å²) in [7, 11) is 2.13. The highest BCUT2D eigenvalue weighted by atomic mass is 32.1. The van der Waals surface area contributed by atoms with Gasteiger partial charge in [0, 0.05) is 43.0 Å². The van der Waals surface area contributed by atoms with Gasteiger partial charge in [-0.3, -0.25) is 15.5 Å². The Morgan fingerprint density at radius 1 is 1.03 bits per heavy atom. The van der Waals surface area contributed by atoms with E-state index in [0.717, 1.165) is 31.9 Å². The van der Waals surface area contributed by atoms with Gasteiger partial charge < -0.3 is 19.9 Å². The van der Waals surface area contributed by atoms with Gasteiger partial charge in [-0.25, -0.2) is 0 Å². The monoisotopic (exact) mass is 414 g/mol. The van der Waals surface area contributed by atoms with E-state index in [-0.39, 0.29) is 10.9 Å². The Morgan fingerprint density at radius 3 is 2.28 bits per heavy atom. The average Bonchev–Trinajstić information content (AvgIpc) is 2.77. The third-order valence-electron chi connectivity index (χ3n) is 4.87. The molecule has 2 aromatic rings. The van der Waals surface area contributed by atoms with Gasteiger partial charge >= 0.3 is 0 Å². The number of carbonyl (C=O) groups is 1. The molecule has 154 valence electrons. The molecule has 1 aliphatic heterocycles. The first kappa shape index (κ1) is 21.0. The molecule has 1 aliphatic rings. The highest BCUT2D eigenvalue weighted by molar-refractivity contribution is 7.80. The summed E-state index contributed by atoms with van der Waals surface area (Å²) in [4.78, 5) is 17.2. The highest BCUT2D eigenvalue weighted by Gasteiger charge is 2.14. The smallest absolute Gasteiger partial charge is 0.251 e. The fourth-order valence-electron chi connectivity index (χ4n) is 3.09. The van der Waals surface area contributed by atoms with E-state index in [2.05, 4.69) is 22.2 Å². The number of benzene rings is 2. The Bertz CT molecular complexity index is 819. The van der Waals surface area contributed by atoms with E-state index in [0.29, 0.717) is 30.0 Å². The van der Waals surface area contributed by atoms with Crippen LogP contribution >= 0.6 is 12.2 Å². The highest BCUT2D eigenvalue weighted by Crippen LogP contribution is 2.17. The number of hydrogen-bond donors (Lipinski definition) is 3. The summed E-state index contributed by atoms with van der Waals surface area (Å²) in [5.41, 5.74) is 4.43. The Kier molecular flexibility index (Phi) is 7.40. The zero-order chi connectivity index (χ0) is 20.6. The molecule has 0 unspecified atom stereocenters. The van der Waals surface area contributed by atoms with Crippen LogP contribution in [0.2, 0.25) is 0 Å². The quantitative estimate of drug-likeness (QED) is 0.363. The Morgan fingerprint density at radius 2 is 1.66 bits per heavy atom. The van der Waals surface area contributed by atoms with Crippen molar-refractivity contribution in [3.8, 4) is 5.75 Å². The molecule has 3 N–H and O–H groups in total. The van der Waals surface area contributed by atoms with Crippen LogP contribution in [-0.4, -0.2) is 67.4 Å². The molecule has 7 nitrogen and oxygen atoms in total. The number of hydrogen-bond acceptors (Lipinski definition) is 6. The van der Waals surface area contributed by atoms with E-state index in [9.17, 15) is 4.79 Å². The molecule has 0 radical (unpaired) electrons. The van der Waals surface area contributed by atoms with E-state index in [1.165, 1.54) is 0 Å². The van der Waals surface area contributed by atoms with E-state index in [4.69, 9.17) is 22.2 Å². The lowest BCUT2D eigenvalue weighted by molar-refractivity contribution is 0.0947. The van der Waals surface area contributed by atoms with Crippen molar-refractivity contribution in [1.29, 1.82) is 0 Å². The second-order valence-electron chi connectivity index (χ2n) is 6.91. The molecule has 1 heterocycles. The lowest BCUT2D eigenvalue weighted by atomic mass is 10.1. The maximum Gasteiger partial charge on any atom is 0.251 e. The first-order valence-electron chi connectivity index (χ1n) is 9.56. The summed E-state index contributed by atoms with van der Waals surface area (Å²) in [6.07, 6.45) is 0. The number of piperazine rings is 1. The maximum atomic E-state index is 12.3. The minimum absolute atomic E-state index is 0.117. The predicted molar refractivity (Wildman–Crippen MR) is 117 cm³/mol. The summed E-state index contributed by atoms with van der Waals surface area (Å²) >= 11 is 4.94. The van der Waals surface area contributed by atoms with Crippen LogP contribution in [0.1, 0.15) is 15.9 Å². The van der Waals surface area contributed by atoms with Crippen molar-refractivity contribution in [1.82, 2.24) is 15.7 Å². The number of carbonyl (C=O) groups excluding carboxylic acids is 1. The summed E-state index contributed by atoms with van der Waals surface area (Å²) in [6, 6.07) is 14.8. The van der Waals surface area contributed by atoms with Gasteiger partial charge in [0.15, 0.2) is 0 Å². The van der Waals surface area contributed by atoms with Crippen LogP contribution in [0.4, 0.5) is 5.69 Å². The van der Waals surface area contributed by atoms with Crippen LogP contribution in [0, 0.1) is 0 Å². The molecule has 1 amide bonds. The third-order valence-corrected chi connectivity index (χ3v) is 5.20. The van der Waals surface area contributed by atoms with Gasteiger partial charge in [-0.1, -0.05) is 12.2 Å². The van der Waals surface area contributed by atoms with Crippen molar-refractivity contribution in [3.63, 3.8) is 0 Å². The summed E-state index contributed by atoms with van der Waals surface area (Å²) < 4.78 is 5.62. The molecule has 8 heteroatoms. The number of likely N-dealkylation sites (N-methyl/N-ethyl adjacent to an activating group) is 1. The van der Waals surface area contributed by atoms with E-state index < -0.39 is 0 Å². The van der Waals surface area contributed by atoms with Crippen molar-refractivity contribution >= 4 is 28.8 Å². The standard InChI is InChI=1S/C21H26N4O3S/c1-24-11-13-25(14-12-24)18-6-2-16(3-7-18)20(26)22-10-15-28-19-8-4-17(5-9-19)21(29)23-27/h2-9,27H,10-15H2,1H3,(H,22,26)(H,23,29). The van der Waals surface area contributed by atoms with Crippen molar-refractivity contribution < 1.29 is 14.7 Å². The second kappa shape index (κ2) is 10.2. The summed E-state index contributed by atoms with van der Waals surface area (Å²) in [6.45, 7) is 4.86. The number of anilines is 1. The van der Waals surface area contributed by atoms with Gasteiger partial charge in [0.05, 0.1) is 6.54 Å². The van der Waals surface area contributed by atoms with Gasteiger partial charge in [-0.2, -0.15) is 0 Å². The zero-order valence-electron chi connectivity index (χ0n) is 16.4. The van der Waals surface area contributed by atoms with Crippen LogP contribution in [-0.2, 0) is 0 Å². The van der Waals surface area contributed by atoms with E-state index in [1.54, 1.807) is 24.3 Å². The molecule has 0 spiro atoms. The zero-order valence-corrected chi connectivity index (χ0v) is 17.2. The Balaban J connectivity index is 1.42. The van der Waals surface area contributed by atoms with Gasteiger partial charge in [0.1, 0.15) is 17.3 Å². The summed E-state index contributed by atoms with van der Waals surface area (Å²) in [5.74, 6) is 0.550. The molecule has 0 bridgehead atoms. The largest absolute Gasteiger partial charge is 0.492 e. The van der Waals surface area contributed by atoms with Crippen LogP contribution in [0.5, 0.6) is 5.75 Å². The molecular formula is C21H26N4O3S. The molecule has 3 rings (SSSR count). The molecule has 2 aromatic carbocycles. The van der Waals surface area contributed by atoms with Crippen LogP contribution < -0.4 is 20.4 Å². The maximum absolute atomic E-state index is 12.3. The lowest BCUT2D eigenvalue weighted by Crippen LogP contribution is -2.44. The van der Waals surface area contributed by atoms with E-state index >= 15 is 0 Å². The fraction of sp³-hybridized carbons (Fsp3) is 0.333. The number of ether oxygens (including phenoxy) is 1.